The molecule has 47 heavy (non-hydrogen) atoms. The smallest absolute Gasteiger partial charge is 0.307 e. The fourth-order valence-corrected chi connectivity index (χ4v) is 4.72. The summed E-state index contributed by atoms with van der Waals surface area (Å²) in [6.07, 6.45) is 1.38. The number of methoxy groups -OCH3 is 2. The Morgan fingerprint density at radius 2 is 1.57 bits per heavy atom. The number of halogens is 1. The fraction of sp³-hybridized carbons (Fsp3) is 0.171. The molecule has 0 spiro atoms. The van der Waals surface area contributed by atoms with Crippen LogP contribution in [0.15, 0.2) is 94.4 Å². The molecule has 11 nitrogen and oxygen atoms in total. The number of para-hydroxylation sites is 1. The molecule has 2 N–H and O–H groups in total. The van der Waals surface area contributed by atoms with Crippen molar-refractivity contribution in [1.82, 2.24) is 9.99 Å². The molecule has 0 atom stereocenters. The van der Waals surface area contributed by atoms with E-state index in [4.69, 9.17) is 23.4 Å². The lowest BCUT2D eigenvalue weighted by Crippen LogP contribution is -2.21. The van der Waals surface area contributed by atoms with E-state index in [0.717, 1.165) is 17.1 Å². The minimum Gasteiger partial charge on any atom is -0.493 e. The van der Waals surface area contributed by atoms with Gasteiger partial charge in [-0.1, -0.05) is 12.1 Å². The molecule has 0 aliphatic heterocycles. The highest BCUT2D eigenvalue weighted by Crippen LogP contribution is 2.38. The first-order chi connectivity index (χ1) is 22.7. The number of carbonyl (C=O) groups excluding carboxylic acids is 2. The maximum Gasteiger partial charge on any atom is 0.307 e. The lowest BCUT2D eigenvalue weighted by Gasteiger charge is -2.15. The van der Waals surface area contributed by atoms with E-state index in [1.54, 1.807) is 24.3 Å². The van der Waals surface area contributed by atoms with Crippen molar-refractivity contribution in [1.29, 1.82) is 0 Å². The van der Waals surface area contributed by atoms with Gasteiger partial charge in [0.05, 0.1) is 26.1 Å². The highest BCUT2D eigenvalue weighted by atomic mass is 19.1. The van der Waals surface area contributed by atoms with Crippen LogP contribution in [0.4, 0.5) is 10.1 Å². The fourth-order valence-electron chi connectivity index (χ4n) is 4.72. The molecular formula is C35H33FN4O7. The van der Waals surface area contributed by atoms with E-state index in [9.17, 15) is 14.0 Å². The van der Waals surface area contributed by atoms with E-state index < -0.39 is 24.2 Å². The highest BCUT2D eigenvalue weighted by molar-refractivity contribution is 5.93. The zero-order valence-electron chi connectivity index (χ0n) is 26.2. The lowest BCUT2D eigenvalue weighted by atomic mass is 10.2. The number of hydrogen-bond donors (Lipinski definition) is 2. The summed E-state index contributed by atoms with van der Waals surface area (Å²) in [4.78, 5) is 25.0. The minimum atomic E-state index is -0.576. The molecule has 3 aromatic carbocycles. The number of aryl methyl sites for hydroxylation is 2. The summed E-state index contributed by atoms with van der Waals surface area (Å²) in [5.74, 6) is 0.136. The third-order valence-corrected chi connectivity index (χ3v) is 6.99. The van der Waals surface area contributed by atoms with Gasteiger partial charge in [0.25, 0.3) is 5.91 Å². The van der Waals surface area contributed by atoms with Crippen molar-refractivity contribution in [3.63, 3.8) is 0 Å². The number of benzene rings is 3. The van der Waals surface area contributed by atoms with Crippen molar-refractivity contribution in [2.45, 2.75) is 20.5 Å². The monoisotopic (exact) mass is 640 g/mol. The van der Waals surface area contributed by atoms with Gasteiger partial charge in [-0.3, -0.25) is 9.59 Å². The number of aromatic nitrogens is 1. The molecule has 242 valence electrons. The average Bonchev–Trinajstić information content (AvgIpc) is 3.69. The largest absolute Gasteiger partial charge is 0.493 e. The Kier molecular flexibility index (Phi) is 10.2. The van der Waals surface area contributed by atoms with Crippen molar-refractivity contribution in [2.24, 2.45) is 5.10 Å². The van der Waals surface area contributed by atoms with Gasteiger partial charge in [-0.15, -0.1) is 0 Å². The van der Waals surface area contributed by atoms with Crippen molar-refractivity contribution in [2.75, 3.05) is 26.1 Å². The lowest BCUT2D eigenvalue weighted by molar-refractivity contribution is -0.118. The quantitative estimate of drug-likeness (QED) is 0.116. The summed E-state index contributed by atoms with van der Waals surface area (Å²) in [6.45, 7) is 3.82. The third-order valence-electron chi connectivity index (χ3n) is 6.99. The Morgan fingerprint density at radius 1 is 0.894 bits per heavy atom. The number of hydrogen-bond acceptors (Lipinski definition) is 8. The van der Waals surface area contributed by atoms with E-state index in [0.29, 0.717) is 17.1 Å². The molecule has 5 rings (SSSR count). The van der Waals surface area contributed by atoms with Crippen LogP contribution in [0, 0.1) is 19.7 Å². The molecule has 0 radical (unpaired) electrons. The molecule has 2 heterocycles. The van der Waals surface area contributed by atoms with Gasteiger partial charge in [0.2, 0.25) is 5.75 Å². The van der Waals surface area contributed by atoms with Gasteiger partial charge >= 0.3 is 5.91 Å². The Hall–Kier alpha value is -6.04. The molecule has 12 heteroatoms. The second kappa shape index (κ2) is 14.8. The second-order valence-electron chi connectivity index (χ2n) is 10.3. The van der Waals surface area contributed by atoms with Crippen molar-refractivity contribution >= 4 is 23.7 Å². The first-order valence-corrected chi connectivity index (χ1v) is 14.5. The van der Waals surface area contributed by atoms with E-state index in [1.807, 2.05) is 24.3 Å². The number of ether oxygens (including phenoxy) is 4. The van der Waals surface area contributed by atoms with Gasteiger partial charge in [0.1, 0.15) is 23.9 Å². The normalized spacial score (nSPS) is 10.9. The standard InChI is InChI=1S/C35H33FN4O7/c1-22-9-10-23(2)40(22)25-11-13-26(14-12-25)45-20-27-15-16-30(47-27)35(42)39-37-19-24-17-31(43-3)34(32(18-24)44-4)46-21-33(41)38-29-8-6-5-7-28(29)36/h5-19H,20-21H2,1-4H3,(H,38,41)(H,39,42)/b37-19+. The second-order valence-corrected chi connectivity index (χ2v) is 10.3. The molecule has 0 aliphatic carbocycles. The number of furan rings is 1. The van der Waals surface area contributed by atoms with Gasteiger partial charge < -0.3 is 33.2 Å². The molecule has 0 aliphatic rings. The number of anilines is 1. The van der Waals surface area contributed by atoms with Gasteiger partial charge in [0, 0.05) is 22.6 Å². The molecule has 0 unspecified atom stereocenters. The Labute approximate surface area is 270 Å². The van der Waals surface area contributed by atoms with E-state index in [1.165, 1.54) is 44.7 Å². The molecular weight excluding hydrogens is 607 g/mol. The van der Waals surface area contributed by atoms with Crippen LogP contribution in [0.2, 0.25) is 0 Å². The maximum absolute atomic E-state index is 13.9. The predicted molar refractivity (Wildman–Crippen MR) is 173 cm³/mol. The van der Waals surface area contributed by atoms with E-state index in [2.05, 4.69) is 46.4 Å². The van der Waals surface area contributed by atoms with Crippen LogP contribution in [0.1, 0.15) is 33.3 Å². The first-order valence-electron chi connectivity index (χ1n) is 14.5. The molecule has 0 bridgehead atoms. The first kappa shape index (κ1) is 32.4. The van der Waals surface area contributed by atoms with Crippen molar-refractivity contribution in [3.8, 4) is 28.7 Å². The molecule has 0 fully saturated rings. The molecule has 5 aromatic rings. The van der Waals surface area contributed by atoms with Crippen LogP contribution < -0.4 is 29.7 Å². The number of nitrogens with zero attached hydrogens (tertiary/aromatic N) is 2. The maximum atomic E-state index is 13.9. The molecule has 2 aromatic heterocycles. The van der Waals surface area contributed by atoms with Crippen LogP contribution in [0.3, 0.4) is 0 Å². The van der Waals surface area contributed by atoms with Crippen LogP contribution in [-0.2, 0) is 11.4 Å². The Balaban J connectivity index is 1.15. The van der Waals surface area contributed by atoms with Gasteiger partial charge in [-0.2, -0.15) is 5.10 Å². The predicted octanol–water partition coefficient (Wildman–Crippen LogP) is 6.20. The van der Waals surface area contributed by atoms with E-state index >= 15 is 0 Å². The topological polar surface area (TPSA) is 126 Å². The van der Waals surface area contributed by atoms with E-state index in [-0.39, 0.29) is 35.3 Å². The van der Waals surface area contributed by atoms with Gasteiger partial charge in [0.15, 0.2) is 23.9 Å². The Morgan fingerprint density at radius 3 is 2.23 bits per heavy atom. The highest BCUT2D eigenvalue weighted by Gasteiger charge is 2.17. The number of nitrogens with one attached hydrogen (secondary N) is 2. The summed E-state index contributed by atoms with van der Waals surface area (Å²) in [7, 11) is 2.84. The summed E-state index contributed by atoms with van der Waals surface area (Å²) < 4.78 is 43.9. The van der Waals surface area contributed by atoms with Gasteiger partial charge in [-0.05, 0) is 86.6 Å². The SMILES string of the molecule is COc1cc(/C=N/NC(=O)c2ccc(COc3ccc(-n4c(C)ccc4C)cc3)o2)cc(OC)c1OCC(=O)Nc1ccccc1F. The average molecular weight is 641 g/mol. The minimum absolute atomic E-state index is 0.0349. The van der Waals surface area contributed by atoms with Crippen molar-refractivity contribution < 1.29 is 37.3 Å². The zero-order chi connectivity index (χ0) is 33.3. The summed E-state index contributed by atoms with van der Waals surface area (Å²) in [5, 5.41) is 6.45. The number of hydrazone groups is 1. The number of rotatable bonds is 13. The van der Waals surface area contributed by atoms with Crippen molar-refractivity contribution in [3.05, 3.63) is 119 Å². The zero-order valence-corrected chi connectivity index (χ0v) is 26.2. The van der Waals surface area contributed by atoms with Crippen LogP contribution >= 0.6 is 0 Å². The molecule has 2 amide bonds. The summed E-state index contributed by atoms with van der Waals surface area (Å²) in [6, 6.07) is 24.0. The number of carbonyl (C=O) groups is 2. The van der Waals surface area contributed by atoms with Crippen LogP contribution in [0.25, 0.3) is 5.69 Å². The van der Waals surface area contributed by atoms with Crippen LogP contribution in [-0.4, -0.2) is 43.4 Å². The molecule has 0 saturated heterocycles. The summed E-state index contributed by atoms with van der Waals surface area (Å²) in [5.41, 5.74) is 6.29. The number of amides is 2. The molecule has 0 saturated carbocycles. The van der Waals surface area contributed by atoms with Crippen LogP contribution in [0.5, 0.6) is 23.0 Å². The Bertz CT molecular complexity index is 1850. The summed E-state index contributed by atoms with van der Waals surface area (Å²) >= 11 is 0. The van der Waals surface area contributed by atoms with Gasteiger partial charge in [-0.25, -0.2) is 9.82 Å². The third kappa shape index (κ3) is 7.98.